The molecule has 7 heteroatoms. The van der Waals surface area contributed by atoms with E-state index in [1.165, 1.54) is 0 Å². The van der Waals surface area contributed by atoms with Crippen LogP contribution in [0.25, 0.3) is 0 Å². The number of hydrogen-bond donors (Lipinski definition) is 2. The summed E-state index contributed by atoms with van der Waals surface area (Å²) in [6.45, 7) is 2.83. The van der Waals surface area contributed by atoms with Crippen LogP contribution in [0.3, 0.4) is 0 Å². The van der Waals surface area contributed by atoms with E-state index in [9.17, 15) is 9.59 Å². The van der Waals surface area contributed by atoms with Crippen LogP contribution >= 0.6 is 0 Å². The molecule has 0 bridgehead atoms. The van der Waals surface area contributed by atoms with Crippen LogP contribution in [0, 0.1) is 6.92 Å². The smallest absolute Gasteiger partial charge is 0.241 e. The van der Waals surface area contributed by atoms with Gasteiger partial charge >= 0.3 is 0 Å². The molecule has 0 aliphatic carbocycles. The highest BCUT2D eigenvalue weighted by Crippen LogP contribution is 2.29. The second-order valence-electron chi connectivity index (χ2n) is 8.31. The maximum Gasteiger partial charge on any atom is 0.241 e. The van der Waals surface area contributed by atoms with E-state index < -0.39 is 0 Å². The third-order valence-electron chi connectivity index (χ3n) is 5.78. The van der Waals surface area contributed by atoms with Gasteiger partial charge in [0.1, 0.15) is 11.5 Å². The van der Waals surface area contributed by atoms with Crippen LogP contribution in [0.2, 0.25) is 0 Å². The maximum absolute atomic E-state index is 12.9. The molecule has 1 unspecified atom stereocenters. The molecule has 4 rings (SSSR count). The third-order valence-corrected chi connectivity index (χ3v) is 5.78. The standard InChI is InChI=1S/C27H29N3O4/c1-19-9-13-22(14-10-19)34-25-8-4-3-6-23(25)29-26(31)18-30-17-5-7-24(30)27(32)28-20-11-15-21(33-2)16-12-20/h3-4,6,8-16,24H,5,7,17-18H2,1-2H3,(H,28,32)(H,29,31). The summed E-state index contributed by atoms with van der Waals surface area (Å²) in [5.74, 6) is 1.68. The molecule has 1 saturated heterocycles. The number of carbonyl (C=O) groups is 2. The van der Waals surface area contributed by atoms with E-state index in [0.717, 1.165) is 17.7 Å². The normalized spacial score (nSPS) is 15.5. The minimum atomic E-state index is -0.355. The molecule has 2 amide bonds. The lowest BCUT2D eigenvalue weighted by Gasteiger charge is -2.23. The zero-order chi connectivity index (χ0) is 23.9. The van der Waals surface area contributed by atoms with Crippen molar-refractivity contribution in [3.8, 4) is 17.2 Å². The highest BCUT2D eigenvalue weighted by molar-refractivity contribution is 5.97. The van der Waals surface area contributed by atoms with Gasteiger partial charge in [0, 0.05) is 5.69 Å². The molecule has 2 N–H and O–H groups in total. The first kappa shape index (κ1) is 23.3. The van der Waals surface area contributed by atoms with Crippen LogP contribution < -0.4 is 20.1 Å². The third kappa shape index (κ3) is 5.94. The number of aryl methyl sites for hydroxylation is 1. The monoisotopic (exact) mass is 459 g/mol. The molecule has 176 valence electrons. The molecule has 3 aromatic rings. The number of benzene rings is 3. The second-order valence-corrected chi connectivity index (χ2v) is 8.31. The van der Waals surface area contributed by atoms with Gasteiger partial charge in [-0.1, -0.05) is 29.8 Å². The van der Waals surface area contributed by atoms with Gasteiger partial charge in [0.2, 0.25) is 11.8 Å². The topological polar surface area (TPSA) is 79.9 Å². The van der Waals surface area contributed by atoms with Crippen molar-refractivity contribution >= 4 is 23.2 Å². The number of hydrogen-bond acceptors (Lipinski definition) is 5. The number of rotatable bonds is 8. The van der Waals surface area contributed by atoms with Crippen LogP contribution in [-0.2, 0) is 9.59 Å². The highest BCUT2D eigenvalue weighted by atomic mass is 16.5. The molecule has 0 aromatic heterocycles. The molecular weight excluding hydrogens is 430 g/mol. The summed E-state index contributed by atoms with van der Waals surface area (Å²) in [7, 11) is 1.60. The zero-order valence-electron chi connectivity index (χ0n) is 19.4. The summed E-state index contributed by atoms with van der Waals surface area (Å²) in [4.78, 5) is 27.6. The number of ether oxygens (including phenoxy) is 2. The minimum absolute atomic E-state index is 0.112. The number of nitrogens with zero attached hydrogens (tertiary/aromatic N) is 1. The highest BCUT2D eigenvalue weighted by Gasteiger charge is 2.32. The molecule has 0 radical (unpaired) electrons. The van der Waals surface area contributed by atoms with Gasteiger partial charge in [0.15, 0.2) is 5.75 Å². The Bertz CT molecular complexity index is 1130. The molecule has 34 heavy (non-hydrogen) atoms. The van der Waals surface area contributed by atoms with Crippen LogP contribution in [0.1, 0.15) is 18.4 Å². The first-order chi connectivity index (χ1) is 16.5. The molecule has 1 heterocycles. The quantitative estimate of drug-likeness (QED) is 0.504. The zero-order valence-corrected chi connectivity index (χ0v) is 19.4. The molecule has 1 fully saturated rings. The second kappa shape index (κ2) is 10.9. The predicted molar refractivity (Wildman–Crippen MR) is 133 cm³/mol. The molecular formula is C27H29N3O4. The Morgan fingerprint density at radius 3 is 2.38 bits per heavy atom. The van der Waals surface area contributed by atoms with Crippen molar-refractivity contribution in [2.75, 3.05) is 30.8 Å². The van der Waals surface area contributed by atoms with Crippen LogP contribution in [0.15, 0.2) is 72.8 Å². The van der Waals surface area contributed by atoms with Gasteiger partial charge in [0.05, 0.1) is 25.4 Å². The molecule has 7 nitrogen and oxygen atoms in total. The first-order valence-electron chi connectivity index (χ1n) is 11.3. The van der Waals surface area contributed by atoms with E-state index in [-0.39, 0.29) is 24.4 Å². The first-order valence-corrected chi connectivity index (χ1v) is 11.3. The lowest BCUT2D eigenvalue weighted by Crippen LogP contribution is -2.43. The molecule has 0 spiro atoms. The summed E-state index contributed by atoms with van der Waals surface area (Å²) in [6, 6.07) is 21.9. The molecule has 1 aliphatic heterocycles. The fourth-order valence-electron chi connectivity index (χ4n) is 3.98. The van der Waals surface area contributed by atoms with Gasteiger partial charge in [-0.25, -0.2) is 0 Å². The maximum atomic E-state index is 12.9. The Hall–Kier alpha value is -3.84. The fourth-order valence-corrected chi connectivity index (χ4v) is 3.98. The Balaban J connectivity index is 1.36. The molecule has 1 aliphatic rings. The molecule has 3 aromatic carbocycles. The van der Waals surface area contributed by atoms with E-state index in [1.54, 1.807) is 37.4 Å². The Labute approximate surface area is 199 Å². The number of methoxy groups -OCH3 is 1. The van der Waals surface area contributed by atoms with E-state index in [2.05, 4.69) is 10.6 Å². The van der Waals surface area contributed by atoms with Crippen molar-refractivity contribution < 1.29 is 19.1 Å². The SMILES string of the molecule is COc1ccc(NC(=O)C2CCCN2CC(=O)Nc2ccccc2Oc2ccc(C)cc2)cc1. The fraction of sp³-hybridized carbons (Fsp3) is 0.259. The summed E-state index contributed by atoms with van der Waals surface area (Å²) in [5, 5.41) is 5.88. The van der Waals surface area contributed by atoms with E-state index in [4.69, 9.17) is 9.47 Å². The van der Waals surface area contributed by atoms with Gasteiger partial charge < -0.3 is 20.1 Å². The average molecular weight is 460 g/mol. The van der Waals surface area contributed by atoms with Crippen LogP contribution in [0.5, 0.6) is 17.2 Å². The lowest BCUT2D eigenvalue weighted by atomic mass is 10.2. The van der Waals surface area contributed by atoms with E-state index in [1.807, 2.05) is 54.3 Å². The van der Waals surface area contributed by atoms with Crippen molar-refractivity contribution in [3.05, 3.63) is 78.4 Å². The lowest BCUT2D eigenvalue weighted by molar-refractivity contribution is -0.122. The summed E-state index contributed by atoms with van der Waals surface area (Å²) in [5.41, 5.74) is 2.43. The number of anilines is 2. The van der Waals surface area contributed by atoms with Crippen molar-refractivity contribution in [3.63, 3.8) is 0 Å². The summed E-state index contributed by atoms with van der Waals surface area (Å²) in [6.07, 6.45) is 1.57. The summed E-state index contributed by atoms with van der Waals surface area (Å²) < 4.78 is 11.1. The number of amides is 2. The average Bonchev–Trinajstić information content (AvgIpc) is 3.30. The largest absolute Gasteiger partial charge is 0.497 e. The number of carbonyl (C=O) groups excluding carboxylic acids is 2. The Kier molecular flexibility index (Phi) is 7.44. The van der Waals surface area contributed by atoms with E-state index in [0.29, 0.717) is 35.8 Å². The Morgan fingerprint density at radius 2 is 1.65 bits per heavy atom. The molecule has 1 atom stereocenters. The number of likely N-dealkylation sites (tertiary alicyclic amines) is 1. The number of para-hydroxylation sites is 2. The van der Waals surface area contributed by atoms with Crippen molar-refractivity contribution in [2.24, 2.45) is 0 Å². The van der Waals surface area contributed by atoms with Crippen LogP contribution in [-0.4, -0.2) is 43.0 Å². The van der Waals surface area contributed by atoms with Gasteiger partial charge in [0.25, 0.3) is 0 Å². The van der Waals surface area contributed by atoms with Crippen LogP contribution in [0.4, 0.5) is 11.4 Å². The Morgan fingerprint density at radius 1 is 0.941 bits per heavy atom. The van der Waals surface area contributed by atoms with Gasteiger partial charge in [-0.05, 0) is 74.8 Å². The number of nitrogens with one attached hydrogen (secondary N) is 2. The minimum Gasteiger partial charge on any atom is -0.497 e. The van der Waals surface area contributed by atoms with Gasteiger partial charge in [-0.15, -0.1) is 0 Å². The van der Waals surface area contributed by atoms with Crippen molar-refractivity contribution in [2.45, 2.75) is 25.8 Å². The van der Waals surface area contributed by atoms with Crippen molar-refractivity contribution in [1.29, 1.82) is 0 Å². The van der Waals surface area contributed by atoms with E-state index >= 15 is 0 Å². The molecule has 0 saturated carbocycles. The van der Waals surface area contributed by atoms with Crippen molar-refractivity contribution in [1.82, 2.24) is 4.90 Å². The summed E-state index contributed by atoms with van der Waals surface area (Å²) >= 11 is 0. The predicted octanol–water partition coefficient (Wildman–Crippen LogP) is 4.84. The van der Waals surface area contributed by atoms with Gasteiger partial charge in [-0.3, -0.25) is 14.5 Å². The van der Waals surface area contributed by atoms with Gasteiger partial charge in [-0.2, -0.15) is 0 Å².